The Morgan fingerprint density at radius 3 is 2.89 bits per heavy atom. The van der Waals surface area contributed by atoms with Gasteiger partial charge in [-0.2, -0.15) is 10.1 Å². The van der Waals surface area contributed by atoms with E-state index in [2.05, 4.69) is 10.1 Å². The summed E-state index contributed by atoms with van der Waals surface area (Å²) in [6, 6.07) is 0. The summed E-state index contributed by atoms with van der Waals surface area (Å²) in [6.07, 6.45) is 2.51. The van der Waals surface area contributed by atoms with Crippen LogP contribution in [0.25, 0.3) is 11.5 Å². The molecule has 2 rings (SSSR count). The Kier molecular flexibility index (Phi) is 3.55. The van der Waals surface area contributed by atoms with Gasteiger partial charge in [-0.3, -0.25) is 4.68 Å². The van der Waals surface area contributed by atoms with Gasteiger partial charge in [-0.25, -0.2) is 4.79 Å². The molecule has 0 unspecified atom stereocenters. The maximum Gasteiger partial charge on any atom is 0.362 e. The zero-order chi connectivity index (χ0) is 14.0. The van der Waals surface area contributed by atoms with E-state index < -0.39 is 5.97 Å². The van der Waals surface area contributed by atoms with Crippen LogP contribution < -0.4 is 5.73 Å². The first-order valence-corrected chi connectivity index (χ1v) is 6.03. The van der Waals surface area contributed by atoms with Crippen molar-refractivity contribution in [2.24, 2.45) is 7.05 Å². The number of esters is 1. The van der Waals surface area contributed by atoms with Crippen molar-refractivity contribution in [2.45, 2.75) is 20.3 Å². The third-order valence-corrected chi connectivity index (χ3v) is 2.59. The number of aromatic nitrogens is 3. The van der Waals surface area contributed by atoms with Gasteiger partial charge in [-0.05, 0) is 13.3 Å². The average molecular weight is 264 g/mol. The molecule has 0 aliphatic carbocycles. The van der Waals surface area contributed by atoms with E-state index in [0.717, 1.165) is 17.7 Å². The molecule has 0 aliphatic heterocycles. The lowest BCUT2D eigenvalue weighted by Crippen LogP contribution is -2.07. The Morgan fingerprint density at radius 2 is 2.26 bits per heavy atom. The first kappa shape index (κ1) is 13.1. The van der Waals surface area contributed by atoms with Crippen molar-refractivity contribution in [3.63, 3.8) is 0 Å². The van der Waals surface area contributed by atoms with Gasteiger partial charge in [-0.1, -0.05) is 6.92 Å². The second kappa shape index (κ2) is 5.13. The highest BCUT2D eigenvalue weighted by Gasteiger charge is 2.22. The fourth-order valence-corrected chi connectivity index (χ4v) is 1.77. The van der Waals surface area contributed by atoms with Crippen LogP contribution in [-0.4, -0.2) is 27.3 Å². The molecule has 102 valence electrons. The predicted octanol–water partition coefficient (Wildman–Crippen LogP) is 1.40. The lowest BCUT2D eigenvalue weighted by Gasteiger charge is -1.96. The van der Waals surface area contributed by atoms with E-state index in [1.54, 1.807) is 24.9 Å². The highest BCUT2D eigenvalue weighted by atomic mass is 16.5. The van der Waals surface area contributed by atoms with Crippen molar-refractivity contribution < 1.29 is 13.9 Å². The molecule has 2 heterocycles. The maximum atomic E-state index is 11.6. The monoisotopic (exact) mass is 264 g/mol. The molecule has 0 bridgehead atoms. The fourth-order valence-electron chi connectivity index (χ4n) is 1.77. The molecule has 0 radical (unpaired) electrons. The van der Waals surface area contributed by atoms with E-state index in [4.69, 9.17) is 14.9 Å². The number of anilines is 1. The number of carbonyl (C=O) groups excluding carboxylic acids is 1. The standard InChI is InChI=1S/C12H16N4O3/c1-4-8-7(6-16(3)15-8)11-14-9(10(13)19-11)12(17)18-5-2/h6H,4-5,13H2,1-3H3. The minimum atomic E-state index is -0.586. The van der Waals surface area contributed by atoms with Crippen molar-refractivity contribution in [1.82, 2.24) is 14.8 Å². The van der Waals surface area contributed by atoms with Crippen LogP contribution in [0.15, 0.2) is 10.6 Å². The van der Waals surface area contributed by atoms with Crippen molar-refractivity contribution in [2.75, 3.05) is 12.3 Å². The van der Waals surface area contributed by atoms with Crippen LogP contribution in [0.3, 0.4) is 0 Å². The summed E-state index contributed by atoms with van der Waals surface area (Å²) in [5.41, 5.74) is 7.22. The molecular weight excluding hydrogens is 248 g/mol. The minimum absolute atomic E-state index is 0.00255. The second-order valence-electron chi connectivity index (χ2n) is 3.97. The number of aryl methyl sites for hydroxylation is 2. The highest BCUT2D eigenvalue weighted by molar-refractivity contribution is 5.92. The molecule has 2 aromatic rings. The molecule has 0 saturated heterocycles. The number of hydrogen-bond donors (Lipinski definition) is 1. The topological polar surface area (TPSA) is 96.2 Å². The molecular formula is C12H16N4O3. The van der Waals surface area contributed by atoms with Crippen molar-refractivity contribution in [3.05, 3.63) is 17.6 Å². The number of rotatable bonds is 4. The van der Waals surface area contributed by atoms with Gasteiger partial charge >= 0.3 is 5.97 Å². The van der Waals surface area contributed by atoms with Crippen LogP contribution in [0.5, 0.6) is 0 Å². The normalized spacial score (nSPS) is 10.7. The summed E-state index contributed by atoms with van der Waals surface area (Å²) in [7, 11) is 1.81. The summed E-state index contributed by atoms with van der Waals surface area (Å²) in [5, 5.41) is 4.29. The van der Waals surface area contributed by atoms with Gasteiger partial charge in [0.15, 0.2) is 0 Å². The highest BCUT2D eigenvalue weighted by Crippen LogP contribution is 2.26. The van der Waals surface area contributed by atoms with Crippen molar-refractivity contribution in [1.29, 1.82) is 0 Å². The Morgan fingerprint density at radius 1 is 1.53 bits per heavy atom. The molecule has 0 aromatic carbocycles. The van der Waals surface area contributed by atoms with Crippen LogP contribution in [0.1, 0.15) is 30.0 Å². The first-order chi connectivity index (χ1) is 9.06. The zero-order valence-corrected chi connectivity index (χ0v) is 11.1. The Bertz CT molecular complexity index is 600. The first-order valence-electron chi connectivity index (χ1n) is 6.03. The molecule has 2 aromatic heterocycles. The lowest BCUT2D eigenvalue weighted by molar-refractivity contribution is 0.0521. The number of oxazole rings is 1. The molecule has 2 N–H and O–H groups in total. The Balaban J connectivity index is 2.41. The minimum Gasteiger partial charge on any atom is -0.461 e. The van der Waals surface area contributed by atoms with Gasteiger partial charge in [0.1, 0.15) is 0 Å². The van der Waals surface area contributed by atoms with E-state index >= 15 is 0 Å². The van der Waals surface area contributed by atoms with Gasteiger partial charge < -0.3 is 14.9 Å². The van der Waals surface area contributed by atoms with Crippen LogP contribution >= 0.6 is 0 Å². The Hall–Kier alpha value is -2.31. The smallest absolute Gasteiger partial charge is 0.362 e. The van der Waals surface area contributed by atoms with Crippen LogP contribution in [0.4, 0.5) is 5.88 Å². The summed E-state index contributed by atoms with van der Waals surface area (Å²) in [6.45, 7) is 3.95. The van der Waals surface area contributed by atoms with E-state index in [1.807, 2.05) is 6.92 Å². The SMILES string of the molecule is CCOC(=O)c1nc(-c2cn(C)nc2CC)oc1N. The number of hydrogen-bond acceptors (Lipinski definition) is 6. The van der Waals surface area contributed by atoms with Crippen LogP contribution in [0, 0.1) is 0 Å². The molecule has 0 spiro atoms. The molecule has 7 nitrogen and oxygen atoms in total. The molecule has 0 aliphatic rings. The second-order valence-corrected chi connectivity index (χ2v) is 3.97. The molecule has 19 heavy (non-hydrogen) atoms. The quantitative estimate of drug-likeness (QED) is 0.838. The van der Waals surface area contributed by atoms with Crippen molar-refractivity contribution in [3.8, 4) is 11.5 Å². The summed E-state index contributed by atoms with van der Waals surface area (Å²) in [4.78, 5) is 15.7. The number of ether oxygens (including phenoxy) is 1. The van der Waals surface area contributed by atoms with E-state index in [1.165, 1.54) is 0 Å². The van der Waals surface area contributed by atoms with Gasteiger partial charge in [0, 0.05) is 13.2 Å². The maximum absolute atomic E-state index is 11.6. The van der Waals surface area contributed by atoms with Gasteiger partial charge in [0.05, 0.1) is 17.9 Å². The molecule has 0 fully saturated rings. The number of nitrogens with two attached hydrogens (primary N) is 1. The Labute approximate surface area is 110 Å². The molecule has 0 saturated carbocycles. The van der Waals surface area contributed by atoms with E-state index in [-0.39, 0.29) is 24.1 Å². The van der Waals surface area contributed by atoms with E-state index in [0.29, 0.717) is 0 Å². The third kappa shape index (κ3) is 2.44. The van der Waals surface area contributed by atoms with Gasteiger partial charge in [0.2, 0.25) is 17.5 Å². The largest absolute Gasteiger partial charge is 0.461 e. The number of carbonyl (C=O) groups is 1. The molecule has 0 atom stereocenters. The average Bonchev–Trinajstić information content (AvgIpc) is 2.92. The summed E-state index contributed by atoms with van der Waals surface area (Å²) < 4.78 is 11.9. The van der Waals surface area contributed by atoms with Crippen molar-refractivity contribution >= 4 is 11.9 Å². The third-order valence-electron chi connectivity index (χ3n) is 2.59. The zero-order valence-electron chi connectivity index (χ0n) is 11.1. The molecule has 7 heteroatoms. The van der Waals surface area contributed by atoms with Gasteiger partial charge in [-0.15, -0.1) is 0 Å². The summed E-state index contributed by atoms with van der Waals surface area (Å²) in [5.74, 6) is -0.346. The number of nitrogen functional groups attached to an aromatic ring is 1. The summed E-state index contributed by atoms with van der Waals surface area (Å²) >= 11 is 0. The van der Waals surface area contributed by atoms with E-state index in [9.17, 15) is 4.79 Å². The molecule has 0 amide bonds. The van der Waals surface area contributed by atoms with Gasteiger partial charge in [0.25, 0.3) is 0 Å². The lowest BCUT2D eigenvalue weighted by atomic mass is 10.2. The predicted molar refractivity (Wildman–Crippen MR) is 68.5 cm³/mol. The number of nitrogens with zero attached hydrogens (tertiary/aromatic N) is 3. The van der Waals surface area contributed by atoms with Crippen LogP contribution in [0.2, 0.25) is 0 Å². The fraction of sp³-hybridized carbons (Fsp3) is 0.417. The van der Waals surface area contributed by atoms with Crippen LogP contribution in [-0.2, 0) is 18.2 Å².